The van der Waals surface area contributed by atoms with Gasteiger partial charge in [0.25, 0.3) is 0 Å². The molecule has 0 amide bonds. The Morgan fingerprint density at radius 2 is 1.88 bits per heavy atom. The second-order valence-corrected chi connectivity index (χ2v) is 4.74. The first-order valence-electron chi connectivity index (χ1n) is 5.14. The molecule has 0 saturated heterocycles. The van der Waals surface area contributed by atoms with Crippen molar-refractivity contribution >= 4 is 17.6 Å². The molecular weight excluding hydrogens is 216 g/mol. The number of benzene rings is 1. The summed E-state index contributed by atoms with van der Waals surface area (Å²) < 4.78 is 0. The number of hydrogen-bond donors (Lipinski definition) is 1. The zero-order valence-corrected chi connectivity index (χ0v) is 10.00. The average Bonchev–Trinajstić information content (AvgIpc) is 2.30. The normalized spacial score (nSPS) is 10.3. The van der Waals surface area contributed by atoms with E-state index in [0.29, 0.717) is 5.82 Å². The van der Waals surface area contributed by atoms with E-state index < -0.39 is 0 Å². The Bertz CT molecular complexity index is 403. The second kappa shape index (κ2) is 5.03. The van der Waals surface area contributed by atoms with Crippen molar-refractivity contribution in [3.8, 4) is 0 Å². The van der Waals surface area contributed by atoms with Gasteiger partial charge in [-0.15, -0.1) is 11.8 Å². The lowest BCUT2D eigenvalue weighted by atomic mass is 10.2. The van der Waals surface area contributed by atoms with Gasteiger partial charge in [0, 0.05) is 16.8 Å². The molecule has 0 bridgehead atoms. The molecule has 0 radical (unpaired) electrons. The topological polar surface area (TPSA) is 38.9 Å². The lowest BCUT2D eigenvalue weighted by molar-refractivity contribution is 1.24. The molecule has 2 aromatic rings. The number of nitrogens with two attached hydrogens (primary N) is 1. The molecule has 1 aromatic heterocycles. The number of pyridine rings is 1. The van der Waals surface area contributed by atoms with E-state index in [0.717, 1.165) is 10.6 Å². The van der Waals surface area contributed by atoms with Crippen LogP contribution in [0.3, 0.4) is 0 Å². The summed E-state index contributed by atoms with van der Waals surface area (Å²) in [6.07, 6.45) is 1.81. The molecule has 2 N–H and O–H groups in total. The highest BCUT2D eigenvalue weighted by Gasteiger charge is 1.96. The highest BCUT2D eigenvalue weighted by molar-refractivity contribution is 7.98. The van der Waals surface area contributed by atoms with Gasteiger partial charge in [-0.3, -0.25) is 0 Å². The van der Waals surface area contributed by atoms with E-state index in [9.17, 15) is 0 Å². The maximum atomic E-state index is 5.53. The summed E-state index contributed by atoms with van der Waals surface area (Å²) >= 11 is 1.77. The minimum atomic E-state index is 0.569. The maximum Gasteiger partial charge on any atom is 0.123 e. The second-order valence-electron chi connectivity index (χ2n) is 3.69. The summed E-state index contributed by atoms with van der Waals surface area (Å²) in [5, 5.41) is 0. The van der Waals surface area contributed by atoms with Gasteiger partial charge in [-0.2, -0.15) is 0 Å². The van der Waals surface area contributed by atoms with Gasteiger partial charge < -0.3 is 5.73 Å². The molecule has 0 atom stereocenters. The first-order valence-corrected chi connectivity index (χ1v) is 6.12. The van der Waals surface area contributed by atoms with Gasteiger partial charge >= 0.3 is 0 Å². The molecule has 1 heterocycles. The van der Waals surface area contributed by atoms with Gasteiger partial charge in [0.05, 0.1) is 0 Å². The molecule has 0 spiro atoms. The number of nitrogens with zero attached hydrogens (tertiary/aromatic N) is 1. The van der Waals surface area contributed by atoms with Crippen LogP contribution in [0.15, 0.2) is 47.5 Å². The van der Waals surface area contributed by atoms with Gasteiger partial charge in [-0.1, -0.05) is 29.8 Å². The van der Waals surface area contributed by atoms with Crippen molar-refractivity contribution in [1.82, 2.24) is 4.98 Å². The smallest absolute Gasteiger partial charge is 0.123 e. The molecule has 0 aliphatic heterocycles. The molecule has 0 aliphatic rings. The first-order chi connectivity index (χ1) is 7.74. The van der Waals surface area contributed by atoms with Crippen molar-refractivity contribution in [1.29, 1.82) is 0 Å². The average molecular weight is 230 g/mol. The third-order valence-corrected chi connectivity index (χ3v) is 3.34. The van der Waals surface area contributed by atoms with Crippen molar-refractivity contribution in [2.45, 2.75) is 17.6 Å². The molecule has 82 valence electrons. The molecule has 0 aliphatic carbocycles. The minimum Gasteiger partial charge on any atom is -0.384 e. The standard InChI is InChI=1S/C13H14N2S/c1-10-2-4-11(5-3-10)9-16-12-6-7-13(14)15-8-12/h2-8H,9H2,1H3,(H2,14,15). The molecule has 16 heavy (non-hydrogen) atoms. The Morgan fingerprint density at radius 3 is 2.50 bits per heavy atom. The van der Waals surface area contributed by atoms with Crippen LogP contribution in [0.25, 0.3) is 0 Å². The van der Waals surface area contributed by atoms with E-state index in [1.54, 1.807) is 11.8 Å². The molecule has 0 saturated carbocycles. The van der Waals surface area contributed by atoms with Gasteiger partial charge in [0.2, 0.25) is 0 Å². The third-order valence-electron chi connectivity index (χ3n) is 2.29. The number of thioether (sulfide) groups is 1. The van der Waals surface area contributed by atoms with E-state index >= 15 is 0 Å². The molecule has 2 nitrogen and oxygen atoms in total. The summed E-state index contributed by atoms with van der Waals surface area (Å²) in [6.45, 7) is 2.10. The van der Waals surface area contributed by atoms with Crippen LogP contribution in [0, 0.1) is 6.92 Å². The SMILES string of the molecule is Cc1ccc(CSc2ccc(N)nc2)cc1. The first kappa shape index (κ1) is 11.0. The van der Waals surface area contributed by atoms with Gasteiger partial charge in [0.15, 0.2) is 0 Å². The molecule has 3 heteroatoms. The quantitative estimate of drug-likeness (QED) is 0.822. The molecule has 0 unspecified atom stereocenters. The van der Waals surface area contributed by atoms with Crippen molar-refractivity contribution in [2.24, 2.45) is 0 Å². The van der Waals surface area contributed by atoms with Crippen molar-refractivity contribution in [3.05, 3.63) is 53.7 Å². The Hall–Kier alpha value is -1.48. The van der Waals surface area contributed by atoms with Crippen LogP contribution in [0.2, 0.25) is 0 Å². The summed E-state index contributed by atoms with van der Waals surface area (Å²) in [6, 6.07) is 12.4. The predicted octanol–water partition coefficient (Wildman–Crippen LogP) is 3.26. The largest absolute Gasteiger partial charge is 0.384 e. The number of hydrogen-bond acceptors (Lipinski definition) is 3. The summed E-state index contributed by atoms with van der Waals surface area (Å²) in [5.74, 6) is 1.53. The van der Waals surface area contributed by atoms with Crippen LogP contribution < -0.4 is 5.73 Å². The van der Waals surface area contributed by atoms with E-state index in [-0.39, 0.29) is 0 Å². The lowest BCUT2D eigenvalue weighted by Crippen LogP contribution is -1.88. The highest BCUT2D eigenvalue weighted by Crippen LogP contribution is 2.22. The van der Waals surface area contributed by atoms with Gasteiger partial charge in [-0.25, -0.2) is 4.98 Å². The van der Waals surface area contributed by atoms with Crippen LogP contribution in [0.4, 0.5) is 5.82 Å². The highest BCUT2D eigenvalue weighted by atomic mass is 32.2. The van der Waals surface area contributed by atoms with Gasteiger partial charge in [-0.05, 0) is 24.6 Å². The maximum absolute atomic E-state index is 5.53. The number of aromatic nitrogens is 1. The minimum absolute atomic E-state index is 0.569. The fourth-order valence-corrected chi connectivity index (χ4v) is 2.15. The molecule has 0 fully saturated rings. The van der Waals surface area contributed by atoms with Crippen LogP contribution in [0.1, 0.15) is 11.1 Å². The summed E-state index contributed by atoms with van der Waals surface area (Å²) in [4.78, 5) is 5.21. The van der Waals surface area contributed by atoms with Crippen molar-refractivity contribution in [3.63, 3.8) is 0 Å². The molecular formula is C13H14N2S. The van der Waals surface area contributed by atoms with Crippen LogP contribution in [0.5, 0.6) is 0 Å². The van der Waals surface area contributed by atoms with E-state index in [1.807, 2.05) is 18.3 Å². The van der Waals surface area contributed by atoms with Gasteiger partial charge in [0.1, 0.15) is 5.82 Å². The number of anilines is 1. The van der Waals surface area contributed by atoms with E-state index in [2.05, 4.69) is 36.2 Å². The predicted molar refractivity (Wildman–Crippen MR) is 69.4 cm³/mol. The van der Waals surface area contributed by atoms with E-state index in [1.165, 1.54) is 11.1 Å². The molecule has 1 aromatic carbocycles. The lowest BCUT2D eigenvalue weighted by Gasteiger charge is -2.02. The Balaban J connectivity index is 1.97. The van der Waals surface area contributed by atoms with Crippen LogP contribution >= 0.6 is 11.8 Å². The van der Waals surface area contributed by atoms with Crippen molar-refractivity contribution < 1.29 is 0 Å². The van der Waals surface area contributed by atoms with E-state index in [4.69, 9.17) is 5.73 Å². The zero-order chi connectivity index (χ0) is 11.4. The monoisotopic (exact) mass is 230 g/mol. The Morgan fingerprint density at radius 1 is 1.12 bits per heavy atom. The molecule has 2 rings (SSSR count). The fourth-order valence-electron chi connectivity index (χ4n) is 1.33. The Labute approximate surface area is 99.9 Å². The van der Waals surface area contributed by atoms with Crippen molar-refractivity contribution in [2.75, 3.05) is 5.73 Å². The summed E-state index contributed by atoms with van der Waals surface area (Å²) in [7, 11) is 0. The number of nitrogen functional groups attached to an aromatic ring is 1. The Kier molecular flexibility index (Phi) is 3.47. The number of rotatable bonds is 3. The fraction of sp³-hybridized carbons (Fsp3) is 0.154. The summed E-state index contributed by atoms with van der Waals surface area (Å²) in [5.41, 5.74) is 8.15. The van der Waals surface area contributed by atoms with Crippen LogP contribution in [-0.4, -0.2) is 4.98 Å². The zero-order valence-electron chi connectivity index (χ0n) is 9.18. The number of aryl methyl sites for hydroxylation is 1. The third kappa shape index (κ3) is 3.00. The van der Waals surface area contributed by atoms with Crippen LogP contribution in [-0.2, 0) is 5.75 Å².